The van der Waals surface area contributed by atoms with Crippen molar-refractivity contribution < 1.29 is 18.6 Å². The molecule has 0 spiro atoms. The molecule has 6 heteroatoms. The quantitative estimate of drug-likeness (QED) is 0.0361. The highest BCUT2D eigenvalue weighted by atomic mass is 16.7. The molecule has 2 aliphatic heterocycles. The first-order chi connectivity index (χ1) is 38.8. The normalized spacial score (nSPS) is 19.4. The van der Waals surface area contributed by atoms with Crippen molar-refractivity contribution in [2.75, 3.05) is 0 Å². The number of benzene rings is 4. The molecule has 0 amide bonds. The molecule has 0 radical (unpaired) electrons. The van der Waals surface area contributed by atoms with Gasteiger partial charge in [-0.1, -0.05) is 232 Å². The van der Waals surface area contributed by atoms with E-state index < -0.39 is 22.4 Å². The summed E-state index contributed by atoms with van der Waals surface area (Å²) in [6, 6.07) is 26.4. The van der Waals surface area contributed by atoms with Crippen molar-refractivity contribution >= 4 is 25.2 Å². The highest BCUT2D eigenvalue weighted by Gasteiger charge is 2.55. The lowest BCUT2D eigenvalue weighted by Crippen LogP contribution is -2.41. The van der Waals surface area contributed by atoms with Crippen molar-refractivity contribution in [2.45, 2.75) is 328 Å². The van der Waals surface area contributed by atoms with Crippen LogP contribution in [-0.2, 0) is 34.9 Å². The fourth-order valence-electron chi connectivity index (χ4n) is 15.9. The third-order valence-corrected chi connectivity index (χ3v) is 22.2. The second-order valence-electron chi connectivity index (χ2n) is 28.8. The van der Waals surface area contributed by atoms with Crippen molar-refractivity contribution in [3.8, 4) is 33.4 Å². The number of rotatable bonds is 32. The van der Waals surface area contributed by atoms with E-state index in [2.05, 4.69) is 158 Å². The van der Waals surface area contributed by atoms with Gasteiger partial charge in [0.25, 0.3) is 0 Å². The molecule has 0 unspecified atom stereocenters. The molecule has 4 nitrogen and oxygen atoms in total. The lowest BCUT2D eigenvalue weighted by molar-refractivity contribution is 0.00578. The molecule has 4 aromatic carbocycles. The van der Waals surface area contributed by atoms with Gasteiger partial charge in [-0.3, -0.25) is 0 Å². The number of hydrogen-bond donors (Lipinski definition) is 0. The fourth-order valence-corrected chi connectivity index (χ4v) is 15.9. The third kappa shape index (κ3) is 11.8. The van der Waals surface area contributed by atoms with Gasteiger partial charge in [0.1, 0.15) is 0 Å². The molecule has 0 bridgehead atoms. The lowest BCUT2D eigenvalue weighted by atomic mass is 9.67. The highest BCUT2D eigenvalue weighted by Crippen LogP contribution is 2.64. The van der Waals surface area contributed by atoms with E-state index in [1.54, 1.807) is 44.5 Å². The maximum Gasteiger partial charge on any atom is 0.494 e. The zero-order valence-corrected chi connectivity index (χ0v) is 54.3. The average molecular weight is 1100 g/mol. The summed E-state index contributed by atoms with van der Waals surface area (Å²) in [5.74, 6) is 0. The zero-order chi connectivity index (χ0) is 57.9. The predicted octanol–water partition coefficient (Wildman–Crippen LogP) is 20.9. The Bertz CT molecular complexity index is 2520. The second-order valence-corrected chi connectivity index (χ2v) is 28.8. The Morgan fingerprint density at radius 2 is 0.469 bits per heavy atom. The minimum atomic E-state index is -0.400. The summed E-state index contributed by atoms with van der Waals surface area (Å²) in [6.07, 6.45) is 37.6. The molecular formula is C75H112B2O4. The van der Waals surface area contributed by atoms with Gasteiger partial charge in [-0.15, -0.1) is 0 Å². The summed E-state index contributed by atoms with van der Waals surface area (Å²) in [4.78, 5) is 0. The Kier molecular flexibility index (Phi) is 19.9. The van der Waals surface area contributed by atoms with Gasteiger partial charge in [-0.2, -0.15) is 0 Å². The summed E-state index contributed by atoms with van der Waals surface area (Å²) in [7, 11) is -0.776. The molecule has 3 aliphatic carbocycles. The molecule has 9 rings (SSSR count). The Morgan fingerprint density at radius 3 is 0.691 bits per heavy atom. The van der Waals surface area contributed by atoms with Crippen LogP contribution >= 0.6 is 0 Å². The highest BCUT2D eigenvalue weighted by molar-refractivity contribution is 6.62. The SMILES string of the molecule is CCCCCCC1(CCCCCC)c2cc(B3OC(C)(C)C(C)(C)O3)ccc2-c2cc3c(cc21)-c1cc2c(cc1C3(CCCCCC)CCCCCC)-c1ccc(B3OC(C)(C)C(C)(C)O3)cc1C2(CCCCCC)CCCCCC. The van der Waals surface area contributed by atoms with Crippen LogP contribution in [0.1, 0.15) is 323 Å². The second kappa shape index (κ2) is 25.8. The van der Waals surface area contributed by atoms with Crippen LogP contribution in [0.25, 0.3) is 33.4 Å². The Hall–Kier alpha value is -3.15. The Balaban J connectivity index is 1.30. The van der Waals surface area contributed by atoms with Crippen molar-refractivity contribution in [3.63, 3.8) is 0 Å². The largest absolute Gasteiger partial charge is 0.494 e. The summed E-state index contributed by atoms with van der Waals surface area (Å²) < 4.78 is 27.5. The molecule has 81 heavy (non-hydrogen) atoms. The van der Waals surface area contributed by atoms with E-state index >= 15 is 0 Å². The number of hydrogen-bond acceptors (Lipinski definition) is 4. The molecule has 442 valence electrons. The van der Waals surface area contributed by atoms with Crippen molar-refractivity contribution in [1.82, 2.24) is 0 Å². The van der Waals surface area contributed by atoms with E-state index in [-0.39, 0.29) is 30.5 Å². The third-order valence-electron chi connectivity index (χ3n) is 22.2. The van der Waals surface area contributed by atoms with E-state index in [0.29, 0.717) is 0 Å². The monoisotopic (exact) mass is 1100 g/mol. The lowest BCUT2D eigenvalue weighted by Gasteiger charge is -2.35. The van der Waals surface area contributed by atoms with E-state index in [0.717, 1.165) is 0 Å². The van der Waals surface area contributed by atoms with Crippen LogP contribution < -0.4 is 10.9 Å². The smallest absolute Gasteiger partial charge is 0.399 e. The van der Waals surface area contributed by atoms with Crippen molar-refractivity contribution in [1.29, 1.82) is 0 Å². The minimum Gasteiger partial charge on any atom is -0.399 e. The molecular weight excluding hydrogens is 986 g/mol. The van der Waals surface area contributed by atoms with Crippen LogP contribution in [0.2, 0.25) is 0 Å². The molecule has 0 aromatic heterocycles. The summed E-state index contributed by atoms with van der Waals surface area (Å²) in [5, 5.41) is 0. The first-order valence-corrected chi connectivity index (χ1v) is 34.2. The molecule has 0 N–H and O–H groups in total. The molecule has 2 heterocycles. The van der Waals surface area contributed by atoms with Crippen LogP contribution in [0.15, 0.2) is 60.7 Å². The maximum atomic E-state index is 6.89. The molecule has 0 atom stereocenters. The van der Waals surface area contributed by atoms with Gasteiger partial charge in [0.2, 0.25) is 0 Å². The van der Waals surface area contributed by atoms with Crippen molar-refractivity contribution in [2.24, 2.45) is 0 Å². The standard InChI is InChI=1S/C75H112B2O4/c1-15-21-27-33-43-73(44-34-28-22-16-2)63-49-55(76-78-69(7,8)70(9,10)79-76)39-41-57(63)59-51-67-61(53-65(59)73)62-54-66-60(52-68(62)75(67,47-37-31-25-19-5)48-38-32-26-20-6)58-42-40-56(77-80-71(11,12)72(13,14)81-77)50-64(58)74(66,45-35-29-23-17-3)46-36-30-24-18-4/h39-42,49-54H,15-38,43-48H2,1-14H3. The van der Waals surface area contributed by atoms with Crippen LogP contribution in [0.5, 0.6) is 0 Å². The van der Waals surface area contributed by atoms with Crippen molar-refractivity contribution in [3.05, 3.63) is 94.0 Å². The van der Waals surface area contributed by atoms with Crippen LogP contribution in [0.4, 0.5) is 0 Å². The molecule has 2 fully saturated rings. The summed E-state index contributed by atoms with van der Waals surface area (Å²) in [6.45, 7) is 31.9. The van der Waals surface area contributed by atoms with E-state index in [9.17, 15) is 0 Å². The van der Waals surface area contributed by atoms with Gasteiger partial charge in [-0.05, 0) is 196 Å². The van der Waals surface area contributed by atoms with E-state index in [4.69, 9.17) is 18.6 Å². The summed E-state index contributed by atoms with van der Waals surface area (Å²) >= 11 is 0. The first kappa shape index (κ1) is 62.4. The summed E-state index contributed by atoms with van der Waals surface area (Å²) in [5.41, 5.74) is 19.2. The van der Waals surface area contributed by atoms with Crippen LogP contribution in [0, 0.1) is 0 Å². The van der Waals surface area contributed by atoms with Crippen LogP contribution in [0.3, 0.4) is 0 Å². The Morgan fingerprint density at radius 1 is 0.259 bits per heavy atom. The van der Waals surface area contributed by atoms with Gasteiger partial charge in [0.05, 0.1) is 22.4 Å². The van der Waals surface area contributed by atoms with Gasteiger partial charge in [-0.25, -0.2) is 0 Å². The Labute approximate surface area is 496 Å². The minimum absolute atomic E-state index is 0.0667. The molecule has 0 saturated carbocycles. The fraction of sp³-hybridized carbons (Fsp3) is 0.680. The van der Waals surface area contributed by atoms with Gasteiger partial charge < -0.3 is 18.6 Å². The van der Waals surface area contributed by atoms with Gasteiger partial charge in [0, 0.05) is 16.2 Å². The predicted molar refractivity (Wildman–Crippen MR) is 349 cm³/mol. The van der Waals surface area contributed by atoms with E-state index in [1.165, 1.54) is 226 Å². The average Bonchev–Trinajstić information content (AvgIpc) is 4.30. The van der Waals surface area contributed by atoms with E-state index in [1.807, 2.05) is 0 Å². The molecule has 2 saturated heterocycles. The number of unbranched alkanes of at least 4 members (excludes halogenated alkanes) is 18. The van der Waals surface area contributed by atoms with Gasteiger partial charge in [0.15, 0.2) is 0 Å². The molecule has 5 aliphatic rings. The topological polar surface area (TPSA) is 36.9 Å². The van der Waals surface area contributed by atoms with Crippen LogP contribution in [-0.4, -0.2) is 36.6 Å². The zero-order valence-electron chi connectivity index (χ0n) is 54.3. The molecule has 4 aromatic rings. The first-order valence-electron chi connectivity index (χ1n) is 34.2. The van der Waals surface area contributed by atoms with Gasteiger partial charge >= 0.3 is 14.2 Å². The maximum absolute atomic E-state index is 6.89. The number of fused-ring (bicyclic) bond motifs is 9.